The van der Waals surface area contributed by atoms with Crippen molar-refractivity contribution in [1.29, 1.82) is 0 Å². The van der Waals surface area contributed by atoms with Gasteiger partial charge in [0.05, 0.1) is 18.5 Å². The fraction of sp³-hybridized carbons (Fsp3) is 0.105. The second-order valence-corrected chi connectivity index (χ2v) is 5.72. The van der Waals surface area contributed by atoms with E-state index in [1.165, 1.54) is 6.21 Å². The van der Waals surface area contributed by atoms with Crippen LogP contribution in [0.1, 0.15) is 23.0 Å². The van der Waals surface area contributed by atoms with Crippen LogP contribution in [0.5, 0.6) is 5.75 Å². The molecule has 0 unspecified atom stereocenters. The highest BCUT2D eigenvalue weighted by atomic mass is 35.5. The first-order valence-electron chi connectivity index (χ1n) is 8.04. The Hall–Kier alpha value is -3.12. The molecule has 6 nitrogen and oxygen atoms in total. The lowest BCUT2D eigenvalue weighted by Crippen LogP contribution is -2.18. The van der Waals surface area contributed by atoms with Crippen molar-refractivity contribution >= 4 is 23.7 Å². The molecule has 1 heterocycles. The van der Waals surface area contributed by atoms with E-state index in [1.54, 1.807) is 18.2 Å². The number of hydrogen-bond donors (Lipinski definition) is 2. The molecule has 1 amide bonds. The van der Waals surface area contributed by atoms with Gasteiger partial charge < -0.3 is 4.74 Å². The van der Waals surface area contributed by atoms with E-state index in [2.05, 4.69) is 20.7 Å². The number of H-pyrrole nitrogens is 1. The van der Waals surface area contributed by atoms with Crippen molar-refractivity contribution < 1.29 is 9.53 Å². The predicted molar refractivity (Wildman–Crippen MR) is 102 cm³/mol. The summed E-state index contributed by atoms with van der Waals surface area (Å²) < 4.78 is 5.60. The molecule has 2 N–H and O–H groups in total. The zero-order valence-electron chi connectivity index (χ0n) is 14.1. The minimum absolute atomic E-state index is 0.294. The number of aromatic amines is 1. The summed E-state index contributed by atoms with van der Waals surface area (Å²) in [6.07, 6.45) is 1.49. The summed E-state index contributed by atoms with van der Waals surface area (Å²) in [5, 5.41) is 11.4. The number of ether oxygens (including phenoxy) is 1. The van der Waals surface area contributed by atoms with Crippen molar-refractivity contribution in [3.8, 4) is 17.0 Å². The molecule has 0 atom stereocenters. The van der Waals surface area contributed by atoms with Crippen LogP contribution in [-0.4, -0.2) is 28.9 Å². The molecule has 0 fully saturated rings. The molecule has 0 aliphatic carbocycles. The van der Waals surface area contributed by atoms with Gasteiger partial charge in [-0.3, -0.25) is 9.89 Å². The highest BCUT2D eigenvalue weighted by molar-refractivity contribution is 6.33. The van der Waals surface area contributed by atoms with Crippen LogP contribution < -0.4 is 10.2 Å². The number of hydrogen-bond acceptors (Lipinski definition) is 4. The molecular weight excluding hydrogens is 352 g/mol. The van der Waals surface area contributed by atoms with Crippen LogP contribution in [-0.2, 0) is 0 Å². The minimum atomic E-state index is -0.402. The molecule has 0 aliphatic heterocycles. The van der Waals surface area contributed by atoms with Gasteiger partial charge >= 0.3 is 0 Å². The van der Waals surface area contributed by atoms with Crippen LogP contribution in [0.2, 0.25) is 5.02 Å². The smallest absolute Gasteiger partial charge is 0.289 e. The number of para-hydroxylation sites is 1. The summed E-state index contributed by atoms with van der Waals surface area (Å²) in [5.74, 6) is 0.311. The summed E-state index contributed by atoms with van der Waals surface area (Å²) in [4.78, 5) is 12.2. The monoisotopic (exact) mass is 368 g/mol. The van der Waals surface area contributed by atoms with Gasteiger partial charge in [0.2, 0.25) is 0 Å². The lowest BCUT2D eigenvalue weighted by molar-refractivity contribution is 0.0950. The zero-order chi connectivity index (χ0) is 18.4. The summed E-state index contributed by atoms with van der Waals surface area (Å²) >= 11 is 6.04. The lowest BCUT2D eigenvalue weighted by atomic mass is 10.1. The van der Waals surface area contributed by atoms with Gasteiger partial charge in [0, 0.05) is 16.1 Å². The SMILES string of the molecule is CCOc1ccccc1-c1cc(C(=O)NN=Cc2ccccc2Cl)[nH]n1. The standard InChI is InChI=1S/C19H17ClN4O2/c1-2-26-18-10-6-4-8-14(18)16-11-17(23-22-16)19(25)24-21-12-13-7-3-5-9-15(13)20/h3-12H,2H2,1H3,(H,22,23)(H,24,25). The van der Waals surface area contributed by atoms with E-state index in [4.69, 9.17) is 16.3 Å². The number of halogens is 1. The van der Waals surface area contributed by atoms with Gasteiger partial charge in [-0.05, 0) is 31.2 Å². The molecule has 7 heteroatoms. The van der Waals surface area contributed by atoms with Gasteiger partial charge in [-0.25, -0.2) is 5.43 Å². The fourth-order valence-corrected chi connectivity index (χ4v) is 2.52. The molecule has 3 aromatic rings. The Morgan fingerprint density at radius 1 is 1.27 bits per heavy atom. The number of rotatable bonds is 6. The van der Waals surface area contributed by atoms with Crippen molar-refractivity contribution in [3.63, 3.8) is 0 Å². The Labute approximate surface area is 155 Å². The van der Waals surface area contributed by atoms with E-state index < -0.39 is 5.91 Å². The Balaban J connectivity index is 1.72. The van der Waals surface area contributed by atoms with Crippen LogP contribution in [0.4, 0.5) is 0 Å². The molecular formula is C19H17ClN4O2. The number of amides is 1. The van der Waals surface area contributed by atoms with Crippen molar-refractivity contribution in [3.05, 3.63) is 70.9 Å². The third-order valence-corrected chi connectivity index (χ3v) is 3.90. The van der Waals surface area contributed by atoms with Gasteiger partial charge in [0.15, 0.2) is 0 Å². The van der Waals surface area contributed by atoms with E-state index in [0.717, 1.165) is 5.56 Å². The Morgan fingerprint density at radius 3 is 2.85 bits per heavy atom. The second kappa shape index (κ2) is 8.31. The van der Waals surface area contributed by atoms with Crippen LogP contribution >= 0.6 is 11.6 Å². The summed E-state index contributed by atoms with van der Waals surface area (Å²) in [7, 11) is 0. The van der Waals surface area contributed by atoms with E-state index in [0.29, 0.717) is 34.3 Å². The Kier molecular flexibility index (Phi) is 5.66. The molecule has 3 rings (SSSR count). The number of nitrogens with zero attached hydrogens (tertiary/aromatic N) is 2. The largest absolute Gasteiger partial charge is 0.493 e. The van der Waals surface area contributed by atoms with E-state index >= 15 is 0 Å². The average molecular weight is 369 g/mol. The van der Waals surface area contributed by atoms with Gasteiger partial charge in [-0.1, -0.05) is 41.9 Å². The van der Waals surface area contributed by atoms with Crippen molar-refractivity contribution in [2.75, 3.05) is 6.61 Å². The normalized spacial score (nSPS) is 10.8. The van der Waals surface area contributed by atoms with Crippen LogP contribution in [0.25, 0.3) is 11.3 Å². The quantitative estimate of drug-likeness (QED) is 0.511. The number of benzene rings is 2. The highest BCUT2D eigenvalue weighted by Gasteiger charge is 2.13. The maximum absolute atomic E-state index is 12.2. The van der Waals surface area contributed by atoms with Gasteiger partial charge in [-0.15, -0.1) is 0 Å². The second-order valence-electron chi connectivity index (χ2n) is 5.32. The maximum atomic E-state index is 12.2. The molecule has 1 aromatic heterocycles. The molecule has 0 aliphatic rings. The molecule has 132 valence electrons. The van der Waals surface area contributed by atoms with E-state index in [1.807, 2.05) is 43.3 Å². The van der Waals surface area contributed by atoms with Gasteiger partial charge in [0.1, 0.15) is 11.4 Å². The van der Waals surface area contributed by atoms with Crippen LogP contribution in [0.15, 0.2) is 59.7 Å². The Morgan fingerprint density at radius 2 is 2.04 bits per heavy atom. The minimum Gasteiger partial charge on any atom is -0.493 e. The molecule has 0 bridgehead atoms. The third-order valence-electron chi connectivity index (χ3n) is 3.56. The Bertz CT molecular complexity index is 937. The van der Waals surface area contributed by atoms with Crippen molar-refractivity contribution in [1.82, 2.24) is 15.6 Å². The zero-order valence-corrected chi connectivity index (χ0v) is 14.8. The van der Waals surface area contributed by atoms with E-state index in [9.17, 15) is 4.79 Å². The third kappa shape index (κ3) is 4.10. The first-order chi connectivity index (χ1) is 12.7. The fourth-order valence-electron chi connectivity index (χ4n) is 2.34. The first-order valence-corrected chi connectivity index (χ1v) is 8.42. The topological polar surface area (TPSA) is 79.4 Å². The molecule has 26 heavy (non-hydrogen) atoms. The number of hydrazone groups is 1. The van der Waals surface area contributed by atoms with Crippen molar-refractivity contribution in [2.45, 2.75) is 6.92 Å². The highest BCUT2D eigenvalue weighted by Crippen LogP contribution is 2.28. The van der Waals surface area contributed by atoms with Gasteiger partial charge in [0.25, 0.3) is 5.91 Å². The van der Waals surface area contributed by atoms with Crippen molar-refractivity contribution in [2.24, 2.45) is 5.10 Å². The average Bonchev–Trinajstić information content (AvgIpc) is 3.14. The summed E-state index contributed by atoms with van der Waals surface area (Å²) in [5.41, 5.74) is 4.89. The number of carbonyl (C=O) groups excluding carboxylic acids is 1. The molecule has 0 saturated heterocycles. The maximum Gasteiger partial charge on any atom is 0.289 e. The molecule has 0 saturated carbocycles. The molecule has 2 aromatic carbocycles. The number of nitrogens with one attached hydrogen (secondary N) is 2. The van der Waals surface area contributed by atoms with Crippen LogP contribution in [0, 0.1) is 0 Å². The lowest BCUT2D eigenvalue weighted by Gasteiger charge is -2.07. The van der Waals surface area contributed by atoms with Crippen LogP contribution in [0.3, 0.4) is 0 Å². The molecule has 0 radical (unpaired) electrons. The molecule has 0 spiro atoms. The number of aromatic nitrogens is 2. The summed E-state index contributed by atoms with van der Waals surface area (Å²) in [6.45, 7) is 2.46. The first kappa shape index (κ1) is 17.7. The van der Waals surface area contributed by atoms with E-state index in [-0.39, 0.29) is 0 Å². The van der Waals surface area contributed by atoms with Gasteiger partial charge in [-0.2, -0.15) is 10.2 Å². The predicted octanol–water partition coefficient (Wildman–Crippen LogP) is 3.89. The summed E-state index contributed by atoms with van der Waals surface area (Å²) in [6, 6.07) is 16.4. The number of carbonyl (C=O) groups is 1.